The van der Waals surface area contributed by atoms with Gasteiger partial charge in [-0.15, -0.1) is 0 Å². The summed E-state index contributed by atoms with van der Waals surface area (Å²) in [6, 6.07) is -0.238. The first-order chi connectivity index (χ1) is 7.68. The van der Waals surface area contributed by atoms with E-state index in [0.717, 1.165) is 26.1 Å². The molecule has 2 fully saturated rings. The zero-order chi connectivity index (χ0) is 11.5. The number of amides is 2. The Hall–Kier alpha value is -0.940. The highest BCUT2D eigenvalue weighted by Crippen LogP contribution is 2.17. The van der Waals surface area contributed by atoms with Gasteiger partial charge < -0.3 is 4.74 Å². The molecule has 16 heavy (non-hydrogen) atoms. The van der Waals surface area contributed by atoms with Crippen LogP contribution in [0.5, 0.6) is 0 Å². The Kier molecular flexibility index (Phi) is 3.56. The average Bonchev–Trinajstić information content (AvgIpc) is 2.31. The minimum atomic E-state index is -0.238. The van der Waals surface area contributed by atoms with Crippen molar-refractivity contribution >= 4 is 11.8 Å². The van der Waals surface area contributed by atoms with Crippen molar-refractivity contribution in [2.24, 2.45) is 5.92 Å². The van der Waals surface area contributed by atoms with E-state index in [9.17, 15) is 9.59 Å². The zero-order valence-corrected chi connectivity index (χ0v) is 9.57. The SMILES string of the molecule is CC1NCC(=O)N(CC2CCOCC2)C1=O. The van der Waals surface area contributed by atoms with Gasteiger partial charge in [0.05, 0.1) is 12.6 Å². The molecule has 2 rings (SSSR count). The minimum Gasteiger partial charge on any atom is -0.381 e. The third-order valence-corrected chi connectivity index (χ3v) is 3.28. The second kappa shape index (κ2) is 4.93. The number of imide groups is 1. The van der Waals surface area contributed by atoms with Gasteiger partial charge in [0.2, 0.25) is 11.8 Å². The Morgan fingerprint density at radius 1 is 1.38 bits per heavy atom. The van der Waals surface area contributed by atoms with E-state index in [4.69, 9.17) is 4.74 Å². The van der Waals surface area contributed by atoms with Gasteiger partial charge >= 0.3 is 0 Å². The molecule has 2 heterocycles. The minimum absolute atomic E-state index is 0.0947. The largest absolute Gasteiger partial charge is 0.381 e. The lowest BCUT2D eigenvalue weighted by Crippen LogP contribution is -2.58. The van der Waals surface area contributed by atoms with Gasteiger partial charge in [-0.1, -0.05) is 0 Å². The molecule has 1 unspecified atom stereocenters. The predicted molar refractivity (Wildman–Crippen MR) is 57.7 cm³/mol. The number of rotatable bonds is 2. The summed E-state index contributed by atoms with van der Waals surface area (Å²) >= 11 is 0. The van der Waals surface area contributed by atoms with Gasteiger partial charge in [-0.2, -0.15) is 0 Å². The van der Waals surface area contributed by atoms with Crippen LogP contribution in [0, 0.1) is 5.92 Å². The molecule has 0 aliphatic carbocycles. The molecule has 0 spiro atoms. The van der Waals surface area contributed by atoms with Gasteiger partial charge in [0, 0.05) is 19.8 Å². The Balaban J connectivity index is 1.95. The average molecular weight is 226 g/mol. The number of hydrogen-bond donors (Lipinski definition) is 1. The van der Waals surface area contributed by atoms with Gasteiger partial charge in [-0.05, 0) is 25.7 Å². The predicted octanol–water partition coefficient (Wildman–Crippen LogP) is -0.240. The molecule has 90 valence electrons. The molecule has 0 bridgehead atoms. The Bertz CT molecular complexity index is 287. The first kappa shape index (κ1) is 11.5. The van der Waals surface area contributed by atoms with E-state index in [1.165, 1.54) is 4.90 Å². The number of piperazine rings is 1. The molecule has 1 atom stereocenters. The number of hydrogen-bond acceptors (Lipinski definition) is 4. The van der Waals surface area contributed by atoms with Crippen molar-refractivity contribution in [3.05, 3.63) is 0 Å². The van der Waals surface area contributed by atoms with Crippen molar-refractivity contribution in [2.75, 3.05) is 26.3 Å². The van der Waals surface area contributed by atoms with Crippen molar-refractivity contribution in [2.45, 2.75) is 25.8 Å². The molecule has 0 radical (unpaired) electrons. The van der Waals surface area contributed by atoms with Gasteiger partial charge in [-0.25, -0.2) is 0 Å². The van der Waals surface area contributed by atoms with E-state index in [2.05, 4.69) is 5.32 Å². The molecule has 0 aromatic carbocycles. The van der Waals surface area contributed by atoms with E-state index in [-0.39, 0.29) is 24.4 Å². The first-order valence-electron chi connectivity index (χ1n) is 5.84. The summed E-state index contributed by atoms with van der Waals surface area (Å²) in [5.74, 6) is 0.212. The van der Waals surface area contributed by atoms with Gasteiger partial charge in [0.15, 0.2) is 0 Å². The zero-order valence-electron chi connectivity index (χ0n) is 9.57. The summed E-state index contributed by atoms with van der Waals surface area (Å²) in [4.78, 5) is 24.9. The summed E-state index contributed by atoms with van der Waals surface area (Å²) in [5.41, 5.74) is 0. The number of nitrogens with zero attached hydrogens (tertiary/aromatic N) is 1. The van der Waals surface area contributed by atoms with Crippen molar-refractivity contribution in [1.82, 2.24) is 10.2 Å². The maximum atomic E-state index is 11.8. The Morgan fingerprint density at radius 2 is 2.06 bits per heavy atom. The number of carbonyl (C=O) groups is 2. The quantitative estimate of drug-likeness (QED) is 0.660. The van der Waals surface area contributed by atoms with Crippen LogP contribution in [-0.4, -0.2) is 49.1 Å². The van der Waals surface area contributed by atoms with E-state index in [0.29, 0.717) is 12.5 Å². The van der Waals surface area contributed by atoms with Crippen LogP contribution in [0.25, 0.3) is 0 Å². The molecule has 2 aliphatic heterocycles. The highest BCUT2D eigenvalue weighted by Gasteiger charge is 2.32. The lowest BCUT2D eigenvalue weighted by Gasteiger charge is -2.33. The summed E-state index contributed by atoms with van der Waals surface area (Å²) < 4.78 is 5.26. The monoisotopic (exact) mass is 226 g/mol. The van der Waals surface area contributed by atoms with E-state index < -0.39 is 0 Å². The molecule has 2 amide bonds. The highest BCUT2D eigenvalue weighted by atomic mass is 16.5. The Morgan fingerprint density at radius 3 is 2.75 bits per heavy atom. The van der Waals surface area contributed by atoms with E-state index in [1.807, 2.05) is 0 Å². The van der Waals surface area contributed by atoms with Gasteiger partial charge in [-0.3, -0.25) is 19.8 Å². The summed E-state index contributed by atoms with van der Waals surface area (Å²) in [5, 5.41) is 2.88. The molecule has 0 saturated carbocycles. The topological polar surface area (TPSA) is 58.6 Å². The van der Waals surface area contributed by atoms with Crippen molar-refractivity contribution in [1.29, 1.82) is 0 Å². The lowest BCUT2D eigenvalue weighted by molar-refractivity contribution is -0.150. The molecule has 1 N–H and O–H groups in total. The van der Waals surface area contributed by atoms with Crippen LogP contribution >= 0.6 is 0 Å². The van der Waals surface area contributed by atoms with Crippen LogP contribution in [-0.2, 0) is 14.3 Å². The fourth-order valence-electron chi connectivity index (χ4n) is 2.16. The molecular formula is C11H18N2O3. The normalized spacial score (nSPS) is 28.6. The van der Waals surface area contributed by atoms with Crippen molar-refractivity contribution < 1.29 is 14.3 Å². The number of nitrogens with one attached hydrogen (secondary N) is 1. The smallest absolute Gasteiger partial charge is 0.246 e. The van der Waals surface area contributed by atoms with Gasteiger partial charge in [0.1, 0.15) is 0 Å². The molecule has 2 aliphatic rings. The van der Waals surface area contributed by atoms with Crippen LogP contribution in [0.2, 0.25) is 0 Å². The second-order valence-electron chi connectivity index (χ2n) is 4.50. The first-order valence-corrected chi connectivity index (χ1v) is 5.84. The Labute approximate surface area is 95.1 Å². The molecule has 5 heteroatoms. The fraction of sp³-hybridized carbons (Fsp3) is 0.818. The van der Waals surface area contributed by atoms with E-state index in [1.54, 1.807) is 6.92 Å². The van der Waals surface area contributed by atoms with Crippen LogP contribution < -0.4 is 5.32 Å². The molecule has 5 nitrogen and oxygen atoms in total. The van der Waals surface area contributed by atoms with Crippen LogP contribution in [0.1, 0.15) is 19.8 Å². The van der Waals surface area contributed by atoms with Crippen molar-refractivity contribution in [3.8, 4) is 0 Å². The van der Waals surface area contributed by atoms with Crippen LogP contribution in [0.4, 0.5) is 0 Å². The maximum Gasteiger partial charge on any atom is 0.246 e. The third-order valence-electron chi connectivity index (χ3n) is 3.28. The third kappa shape index (κ3) is 2.41. The van der Waals surface area contributed by atoms with Gasteiger partial charge in [0.25, 0.3) is 0 Å². The molecule has 2 saturated heterocycles. The summed E-state index contributed by atoms with van der Waals surface area (Å²) in [6.07, 6.45) is 1.89. The molecular weight excluding hydrogens is 208 g/mol. The van der Waals surface area contributed by atoms with Crippen LogP contribution in [0.15, 0.2) is 0 Å². The lowest BCUT2D eigenvalue weighted by atomic mass is 9.99. The van der Waals surface area contributed by atoms with E-state index >= 15 is 0 Å². The maximum absolute atomic E-state index is 11.8. The van der Waals surface area contributed by atoms with Crippen molar-refractivity contribution in [3.63, 3.8) is 0 Å². The molecule has 0 aromatic rings. The van der Waals surface area contributed by atoms with Crippen LogP contribution in [0.3, 0.4) is 0 Å². The number of ether oxygens (including phenoxy) is 1. The fourth-order valence-corrected chi connectivity index (χ4v) is 2.16. The molecule has 0 aromatic heterocycles. The standard InChI is InChI=1S/C11H18N2O3/c1-8-11(15)13(10(14)6-12-8)7-9-2-4-16-5-3-9/h8-9,12H,2-7H2,1H3. The highest BCUT2D eigenvalue weighted by molar-refractivity contribution is 6.00. The number of carbonyl (C=O) groups excluding carboxylic acids is 2. The second-order valence-corrected chi connectivity index (χ2v) is 4.50. The summed E-state index contributed by atoms with van der Waals surface area (Å²) in [6.45, 7) is 4.12. The summed E-state index contributed by atoms with van der Waals surface area (Å²) in [7, 11) is 0.